The van der Waals surface area contributed by atoms with Gasteiger partial charge in [0.1, 0.15) is 0 Å². The van der Waals surface area contributed by atoms with E-state index in [0.29, 0.717) is 0 Å². The van der Waals surface area contributed by atoms with Crippen molar-refractivity contribution < 1.29 is 0 Å². The number of piperazine rings is 1. The Kier molecular flexibility index (Phi) is 5.41. The quantitative estimate of drug-likeness (QED) is 0.820. The zero-order valence-electron chi connectivity index (χ0n) is 14.3. The largest absolute Gasteiger partial charge is 0.296 e. The molecule has 1 fully saturated rings. The summed E-state index contributed by atoms with van der Waals surface area (Å²) >= 11 is 0. The Bertz CT molecular complexity index is 599. The molecule has 0 saturated carbocycles. The minimum Gasteiger partial charge on any atom is -0.296 e. The van der Waals surface area contributed by atoms with Gasteiger partial charge in [-0.15, -0.1) is 0 Å². The van der Waals surface area contributed by atoms with Gasteiger partial charge in [0.2, 0.25) is 0 Å². The Morgan fingerprint density at radius 2 is 1.83 bits per heavy atom. The molecule has 0 amide bonds. The molecule has 1 aliphatic rings. The SMILES string of the molecule is CCCn1cc(CN2CCN(Cc3cccnc3)CC2)c(C)n1. The van der Waals surface area contributed by atoms with Crippen molar-refractivity contribution in [3.05, 3.63) is 47.5 Å². The van der Waals surface area contributed by atoms with E-state index >= 15 is 0 Å². The molecular weight excluding hydrogens is 286 g/mol. The van der Waals surface area contributed by atoms with Crippen molar-refractivity contribution >= 4 is 0 Å². The first-order valence-corrected chi connectivity index (χ1v) is 8.61. The molecule has 0 aliphatic carbocycles. The highest BCUT2D eigenvalue weighted by molar-refractivity contribution is 5.15. The lowest BCUT2D eigenvalue weighted by atomic mass is 10.2. The van der Waals surface area contributed by atoms with Crippen LogP contribution in [0.5, 0.6) is 0 Å². The second-order valence-corrected chi connectivity index (χ2v) is 6.42. The predicted octanol–water partition coefficient (Wildman–Crippen LogP) is 2.31. The van der Waals surface area contributed by atoms with E-state index in [1.807, 2.05) is 18.5 Å². The number of pyridine rings is 1. The molecule has 0 bridgehead atoms. The Hall–Kier alpha value is -1.72. The Labute approximate surface area is 138 Å². The van der Waals surface area contributed by atoms with Gasteiger partial charge in [-0.1, -0.05) is 13.0 Å². The third-order valence-corrected chi connectivity index (χ3v) is 4.49. The molecule has 1 aliphatic heterocycles. The highest BCUT2D eigenvalue weighted by Gasteiger charge is 2.18. The topological polar surface area (TPSA) is 37.2 Å². The van der Waals surface area contributed by atoms with E-state index in [4.69, 9.17) is 0 Å². The van der Waals surface area contributed by atoms with Crippen LogP contribution >= 0.6 is 0 Å². The first kappa shape index (κ1) is 16.1. The molecule has 0 aromatic carbocycles. The summed E-state index contributed by atoms with van der Waals surface area (Å²) in [7, 11) is 0. The minimum atomic E-state index is 1.01. The fraction of sp³-hybridized carbons (Fsp3) is 0.556. The van der Waals surface area contributed by atoms with Crippen LogP contribution in [0.2, 0.25) is 0 Å². The van der Waals surface area contributed by atoms with Crippen LogP contribution in [0.25, 0.3) is 0 Å². The van der Waals surface area contributed by atoms with Crippen molar-refractivity contribution in [3.8, 4) is 0 Å². The van der Waals surface area contributed by atoms with Gasteiger partial charge < -0.3 is 0 Å². The number of aromatic nitrogens is 3. The molecule has 2 aromatic heterocycles. The van der Waals surface area contributed by atoms with Crippen LogP contribution in [0.4, 0.5) is 0 Å². The second kappa shape index (κ2) is 7.70. The molecule has 1 saturated heterocycles. The third kappa shape index (κ3) is 4.39. The molecule has 0 unspecified atom stereocenters. The summed E-state index contributed by atoms with van der Waals surface area (Å²) in [5.41, 5.74) is 3.85. The summed E-state index contributed by atoms with van der Waals surface area (Å²) < 4.78 is 2.09. The Morgan fingerprint density at radius 3 is 2.48 bits per heavy atom. The highest BCUT2D eigenvalue weighted by atomic mass is 15.3. The molecule has 23 heavy (non-hydrogen) atoms. The summed E-state index contributed by atoms with van der Waals surface area (Å²) in [6, 6.07) is 4.17. The van der Waals surface area contributed by atoms with Crippen LogP contribution in [-0.4, -0.2) is 50.7 Å². The van der Waals surface area contributed by atoms with Gasteiger partial charge in [0.25, 0.3) is 0 Å². The number of nitrogens with zero attached hydrogens (tertiary/aromatic N) is 5. The summed E-state index contributed by atoms with van der Waals surface area (Å²) in [6.45, 7) is 11.9. The number of rotatable bonds is 6. The Balaban J connectivity index is 1.49. The van der Waals surface area contributed by atoms with Gasteiger partial charge in [-0.3, -0.25) is 19.5 Å². The van der Waals surface area contributed by atoms with Gasteiger partial charge in [-0.05, 0) is 25.0 Å². The van der Waals surface area contributed by atoms with E-state index in [2.05, 4.69) is 50.7 Å². The van der Waals surface area contributed by atoms with Gasteiger partial charge >= 0.3 is 0 Å². The smallest absolute Gasteiger partial charge is 0.0638 e. The molecule has 0 spiro atoms. The first-order valence-electron chi connectivity index (χ1n) is 8.61. The first-order chi connectivity index (χ1) is 11.2. The Morgan fingerprint density at radius 1 is 1.09 bits per heavy atom. The summed E-state index contributed by atoms with van der Waals surface area (Å²) in [4.78, 5) is 9.26. The normalized spacial score (nSPS) is 16.8. The van der Waals surface area contributed by atoms with E-state index < -0.39 is 0 Å². The van der Waals surface area contributed by atoms with E-state index in [1.54, 1.807) is 0 Å². The summed E-state index contributed by atoms with van der Waals surface area (Å²) in [5.74, 6) is 0. The maximum Gasteiger partial charge on any atom is 0.0638 e. The lowest BCUT2D eigenvalue weighted by Gasteiger charge is -2.34. The zero-order chi connectivity index (χ0) is 16.1. The van der Waals surface area contributed by atoms with Crippen molar-refractivity contribution in [1.29, 1.82) is 0 Å². The number of hydrogen-bond donors (Lipinski definition) is 0. The maximum atomic E-state index is 4.61. The molecular formula is C18H27N5. The van der Waals surface area contributed by atoms with E-state index in [1.165, 1.54) is 16.8 Å². The van der Waals surface area contributed by atoms with Crippen LogP contribution in [0.15, 0.2) is 30.7 Å². The van der Waals surface area contributed by atoms with Gasteiger partial charge in [-0.25, -0.2) is 0 Å². The molecule has 5 nitrogen and oxygen atoms in total. The molecule has 0 N–H and O–H groups in total. The van der Waals surface area contributed by atoms with Crippen molar-refractivity contribution in [2.24, 2.45) is 0 Å². The second-order valence-electron chi connectivity index (χ2n) is 6.42. The standard InChI is InChI=1S/C18H27N5/c1-3-7-23-15-18(16(2)20-23)14-22-10-8-21(9-11-22)13-17-5-4-6-19-12-17/h4-6,12,15H,3,7-11,13-14H2,1-2H3. The molecule has 5 heteroatoms. The molecule has 0 atom stereocenters. The van der Waals surface area contributed by atoms with Gasteiger partial charge in [-0.2, -0.15) is 5.10 Å². The van der Waals surface area contributed by atoms with E-state index in [-0.39, 0.29) is 0 Å². The van der Waals surface area contributed by atoms with Gasteiger partial charge in [0, 0.05) is 70.0 Å². The maximum absolute atomic E-state index is 4.61. The fourth-order valence-corrected chi connectivity index (χ4v) is 3.15. The van der Waals surface area contributed by atoms with Crippen LogP contribution in [0.1, 0.15) is 30.2 Å². The van der Waals surface area contributed by atoms with E-state index in [0.717, 1.165) is 52.2 Å². The van der Waals surface area contributed by atoms with Crippen molar-refractivity contribution in [1.82, 2.24) is 24.6 Å². The molecule has 124 valence electrons. The monoisotopic (exact) mass is 313 g/mol. The zero-order valence-corrected chi connectivity index (χ0v) is 14.3. The molecule has 3 rings (SSSR count). The van der Waals surface area contributed by atoms with Crippen molar-refractivity contribution in [2.75, 3.05) is 26.2 Å². The van der Waals surface area contributed by atoms with Crippen LogP contribution in [0.3, 0.4) is 0 Å². The highest BCUT2D eigenvalue weighted by Crippen LogP contribution is 2.13. The predicted molar refractivity (Wildman–Crippen MR) is 92.0 cm³/mol. The fourth-order valence-electron chi connectivity index (χ4n) is 3.15. The summed E-state index contributed by atoms with van der Waals surface area (Å²) in [5, 5.41) is 4.61. The minimum absolute atomic E-state index is 1.01. The van der Waals surface area contributed by atoms with E-state index in [9.17, 15) is 0 Å². The van der Waals surface area contributed by atoms with Crippen LogP contribution in [-0.2, 0) is 19.6 Å². The third-order valence-electron chi connectivity index (χ3n) is 4.49. The average Bonchev–Trinajstić information content (AvgIpc) is 2.90. The summed E-state index contributed by atoms with van der Waals surface area (Å²) in [6.07, 6.45) is 7.16. The van der Waals surface area contributed by atoms with Gasteiger partial charge in [0.15, 0.2) is 0 Å². The lowest BCUT2D eigenvalue weighted by Crippen LogP contribution is -2.45. The average molecular weight is 313 g/mol. The molecule has 2 aromatic rings. The van der Waals surface area contributed by atoms with Crippen molar-refractivity contribution in [3.63, 3.8) is 0 Å². The number of hydrogen-bond acceptors (Lipinski definition) is 4. The lowest BCUT2D eigenvalue weighted by molar-refractivity contribution is 0.122. The molecule has 3 heterocycles. The number of aryl methyl sites for hydroxylation is 2. The van der Waals surface area contributed by atoms with Crippen molar-refractivity contribution in [2.45, 2.75) is 39.9 Å². The van der Waals surface area contributed by atoms with Gasteiger partial charge in [0.05, 0.1) is 5.69 Å². The van der Waals surface area contributed by atoms with Crippen LogP contribution in [0, 0.1) is 6.92 Å². The van der Waals surface area contributed by atoms with Crippen LogP contribution < -0.4 is 0 Å². The molecule has 0 radical (unpaired) electrons.